The van der Waals surface area contributed by atoms with Crippen LogP contribution in [0.1, 0.15) is 31.4 Å². The molecule has 1 spiro atoms. The Morgan fingerprint density at radius 3 is 2.76 bits per heavy atom. The number of hydrogen-bond acceptors (Lipinski definition) is 6. The van der Waals surface area contributed by atoms with Gasteiger partial charge in [-0.15, -0.1) is 0 Å². The molecule has 0 bridgehead atoms. The molecule has 2 fully saturated rings. The Bertz CT molecular complexity index is 854. The van der Waals surface area contributed by atoms with Gasteiger partial charge in [-0.2, -0.15) is 4.98 Å². The Hall–Kier alpha value is -2.77. The largest absolute Gasteiger partial charge is 0.371 e. The van der Waals surface area contributed by atoms with E-state index in [4.69, 9.17) is 0 Å². The third-order valence-corrected chi connectivity index (χ3v) is 6.19. The number of nitrogens with zero attached hydrogens (tertiary/aromatic N) is 5. The Morgan fingerprint density at radius 1 is 1.21 bits per heavy atom. The normalized spacial score (nSPS) is 18.9. The highest BCUT2D eigenvalue weighted by atomic mass is 19.1. The highest BCUT2D eigenvalue weighted by molar-refractivity contribution is 5.77. The van der Waals surface area contributed by atoms with Crippen LogP contribution in [0.25, 0.3) is 0 Å². The van der Waals surface area contributed by atoms with Gasteiger partial charge in [0.15, 0.2) is 11.6 Å². The second-order valence-electron chi connectivity index (χ2n) is 7.99. The molecule has 2 aromatic heterocycles. The average molecular weight is 398 g/mol. The van der Waals surface area contributed by atoms with Gasteiger partial charge in [0, 0.05) is 58.0 Å². The second kappa shape index (κ2) is 8.31. The van der Waals surface area contributed by atoms with E-state index in [2.05, 4.69) is 25.2 Å². The third-order valence-electron chi connectivity index (χ3n) is 6.19. The van der Waals surface area contributed by atoms with E-state index in [9.17, 15) is 9.18 Å². The number of nitrogens with one attached hydrogen (secondary N) is 1. The molecule has 0 aliphatic carbocycles. The molecule has 2 aromatic rings. The Kier molecular flexibility index (Phi) is 5.60. The van der Waals surface area contributed by atoms with Gasteiger partial charge in [-0.1, -0.05) is 6.07 Å². The highest BCUT2D eigenvalue weighted by Crippen LogP contribution is 2.40. The summed E-state index contributed by atoms with van der Waals surface area (Å²) in [5.74, 6) is 0.581. The molecule has 2 saturated heterocycles. The Balaban J connectivity index is 1.37. The molecular weight excluding hydrogens is 371 g/mol. The number of carbonyl (C=O) groups is 1. The summed E-state index contributed by atoms with van der Waals surface area (Å²) in [4.78, 5) is 29.4. The highest BCUT2D eigenvalue weighted by Gasteiger charge is 2.41. The van der Waals surface area contributed by atoms with E-state index >= 15 is 0 Å². The van der Waals surface area contributed by atoms with Gasteiger partial charge in [-0.25, -0.2) is 9.37 Å². The van der Waals surface area contributed by atoms with Gasteiger partial charge >= 0.3 is 0 Å². The lowest BCUT2D eigenvalue weighted by atomic mass is 9.72. The lowest BCUT2D eigenvalue weighted by Gasteiger charge is -2.47. The number of aromatic nitrogens is 3. The number of piperidine rings is 2. The van der Waals surface area contributed by atoms with Crippen LogP contribution < -0.4 is 10.2 Å². The Morgan fingerprint density at radius 2 is 2.03 bits per heavy atom. The summed E-state index contributed by atoms with van der Waals surface area (Å²) in [6.07, 6.45) is 7.31. The molecule has 8 heteroatoms. The summed E-state index contributed by atoms with van der Waals surface area (Å²) < 4.78 is 13.6. The summed E-state index contributed by atoms with van der Waals surface area (Å²) >= 11 is 0. The fraction of sp³-hybridized carbons (Fsp3) is 0.524. The van der Waals surface area contributed by atoms with E-state index in [1.165, 1.54) is 6.20 Å². The monoisotopic (exact) mass is 398 g/mol. The van der Waals surface area contributed by atoms with Crippen molar-refractivity contribution in [3.63, 3.8) is 0 Å². The van der Waals surface area contributed by atoms with Gasteiger partial charge < -0.3 is 15.1 Å². The van der Waals surface area contributed by atoms with Gasteiger partial charge in [0.05, 0.1) is 6.20 Å². The van der Waals surface area contributed by atoms with Crippen molar-refractivity contribution in [1.82, 2.24) is 19.9 Å². The van der Waals surface area contributed by atoms with Crippen molar-refractivity contribution in [3.05, 3.63) is 42.1 Å². The number of anilines is 2. The van der Waals surface area contributed by atoms with Crippen molar-refractivity contribution >= 4 is 17.7 Å². The fourth-order valence-corrected chi connectivity index (χ4v) is 4.38. The van der Waals surface area contributed by atoms with E-state index in [1.807, 2.05) is 23.1 Å². The lowest BCUT2D eigenvalue weighted by molar-refractivity contribution is -0.138. The molecule has 4 heterocycles. The van der Waals surface area contributed by atoms with Crippen molar-refractivity contribution in [2.45, 2.75) is 32.1 Å². The van der Waals surface area contributed by atoms with Crippen molar-refractivity contribution in [2.75, 3.05) is 43.4 Å². The molecule has 29 heavy (non-hydrogen) atoms. The predicted octanol–water partition coefficient (Wildman–Crippen LogP) is 2.50. The van der Waals surface area contributed by atoms with Gasteiger partial charge in [0.25, 0.3) is 0 Å². The molecule has 0 atom stereocenters. The first-order chi connectivity index (χ1) is 14.1. The quantitative estimate of drug-likeness (QED) is 0.834. The van der Waals surface area contributed by atoms with Gasteiger partial charge in [0.1, 0.15) is 0 Å². The lowest BCUT2D eigenvalue weighted by Crippen LogP contribution is -2.52. The number of hydrogen-bond donors (Lipinski definition) is 1. The zero-order chi connectivity index (χ0) is 20.3. The predicted molar refractivity (Wildman–Crippen MR) is 109 cm³/mol. The zero-order valence-corrected chi connectivity index (χ0v) is 16.8. The molecule has 154 valence electrons. The zero-order valence-electron chi connectivity index (χ0n) is 16.8. The maximum atomic E-state index is 13.6. The maximum Gasteiger partial charge on any atom is 0.227 e. The molecule has 0 aromatic carbocycles. The van der Waals surface area contributed by atoms with Crippen molar-refractivity contribution in [3.8, 4) is 0 Å². The first-order valence-electron chi connectivity index (χ1n) is 10.2. The molecule has 7 nitrogen and oxygen atoms in total. The molecule has 4 rings (SSSR count). The molecule has 1 amide bonds. The topological polar surface area (TPSA) is 74.2 Å². The van der Waals surface area contributed by atoms with Crippen LogP contribution in [0, 0.1) is 11.2 Å². The number of halogens is 1. The first-order valence-corrected chi connectivity index (χ1v) is 10.2. The van der Waals surface area contributed by atoms with Gasteiger partial charge in [0.2, 0.25) is 11.9 Å². The molecule has 0 unspecified atom stereocenters. The molecule has 2 aliphatic heterocycles. The average Bonchev–Trinajstić information content (AvgIpc) is 2.76. The number of likely N-dealkylation sites (tertiary alicyclic amines) is 1. The number of pyridine rings is 1. The number of carbonyl (C=O) groups excluding carboxylic acids is 1. The smallest absolute Gasteiger partial charge is 0.227 e. The van der Waals surface area contributed by atoms with Crippen LogP contribution >= 0.6 is 0 Å². The maximum absolute atomic E-state index is 13.6. The summed E-state index contributed by atoms with van der Waals surface area (Å²) in [5, 5.41) is 2.77. The van der Waals surface area contributed by atoms with Gasteiger partial charge in [-0.3, -0.25) is 9.78 Å². The molecule has 0 saturated carbocycles. The van der Waals surface area contributed by atoms with Crippen LogP contribution in [0.15, 0.2) is 30.6 Å². The van der Waals surface area contributed by atoms with E-state index in [-0.39, 0.29) is 17.1 Å². The van der Waals surface area contributed by atoms with Crippen LogP contribution in [0.5, 0.6) is 0 Å². The van der Waals surface area contributed by atoms with Crippen LogP contribution in [0.4, 0.5) is 16.2 Å². The third kappa shape index (κ3) is 4.31. The van der Waals surface area contributed by atoms with E-state index < -0.39 is 5.82 Å². The van der Waals surface area contributed by atoms with Crippen LogP contribution in [-0.2, 0) is 11.2 Å². The summed E-state index contributed by atoms with van der Waals surface area (Å²) in [6.45, 7) is 3.15. The van der Waals surface area contributed by atoms with Crippen LogP contribution in [-0.4, -0.2) is 59.0 Å². The van der Waals surface area contributed by atoms with Crippen LogP contribution in [0.3, 0.4) is 0 Å². The summed E-state index contributed by atoms with van der Waals surface area (Å²) in [7, 11) is 1.65. The van der Waals surface area contributed by atoms with Crippen molar-refractivity contribution in [2.24, 2.45) is 5.41 Å². The molecular formula is C21H27FN6O. The van der Waals surface area contributed by atoms with E-state index in [0.29, 0.717) is 18.9 Å². The van der Waals surface area contributed by atoms with E-state index in [1.54, 1.807) is 13.2 Å². The molecule has 1 N–H and O–H groups in total. The number of amides is 1. The minimum Gasteiger partial charge on any atom is -0.371 e. The first kappa shape index (κ1) is 19.5. The number of rotatable bonds is 5. The van der Waals surface area contributed by atoms with Crippen LogP contribution in [0.2, 0.25) is 0 Å². The fourth-order valence-electron chi connectivity index (χ4n) is 4.38. The van der Waals surface area contributed by atoms with Gasteiger partial charge in [-0.05, 0) is 36.8 Å². The minimum atomic E-state index is -0.445. The van der Waals surface area contributed by atoms with Crippen molar-refractivity contribution in [1.29, 1.82) is 0 Å². The molecule has 0 radical (unpaired) electrons. The SMILES string of the molecule is CNc1nc(N2CCC3(CCC(=O)N(CCc4ccccn4)C3)CC2)ncc1F. The van der Waals surface area contributed by atoms with E-state index in [0.717, 1.165) is 51.0 Å². The second-order valence-corrected chi connectivity index (χ2v) is 7.99. The minimum absolute atomic E-state index is 0.153. The summed E-state index contributed by atoms with van der Waals surface area (Å²) in [6, 6.07) is 5.89. The standard InChI is InChI=1S/C21H27FN6O/c1-23-19-17(22)14-25-20(26-19)27-12-8-21(9-13-27)7-5-18(29)28(15-21)11-6-16-4-2-3-10-24-16/h2-4,10,14H,5-9,11-13,15H2,1H3,(H,23,25,26). The Labute approximate surface area is 170 Å². The molecule has 2 aliphatic rings. The van der Waals surface area contributed by atoms with Crippen molar-refractivity contribution < 1.29 is 9.18 Å². The summed E-state index contributed by atoms with van der Waals surface area (Å²) in [5.41, 5.74) is 1.17.